The Morgan fingerprint density at radius 1 is 1.18 bits per heavy atom. The monoisotopic (exact) mass is 526 g/mol. The lowest BCUT2D eigenvalue weighted by atomic mass is 9.58. The summed E-state index contributed by atoms with van der Waals surface area (Å²) >= 11 is 0. The Kier molecular flexibility index (Phi) is 6.36. The number of Topliss-reactive ketones (excluding diaryl/α,β-unsaturated/α-hetero) is 2. The van der Waals surface area contributed by atoms with Crippen molar-refractivity contribution in [3.63, 3.8) is 0 Å². The summed E-state index contributed by atoms with van der Waals surface area (Å²) in [5.41, 5.74) is 2.17. The molecule has 4 rings (SSSR count). The highest BCUT2D eigenvalue weighted by Crippen LogP contribution is 2.53. The third-order valence-electron chi connectivity index (χ3n) is 7.62. The van der Waals surface area contributed by atoms with Crippen LogP contribution in [-0.4, -0.2) is 88.5 Å². The van der Waals surface area contributed by atoms with Crippen LogP contribution < -0.4 is 16.0 Å². The summed E-state index contributed by atoms with van der Waals surface area (Å²) in [4.78, 5) is 54.4. The molecule has 0 spiro atoms. The van der Waals surface area contributed by atoms with E-state index in [1.165, 1.54) is 11.0 Å². The van der Waals surface area contributed by atoms with Crippen LogP contribution in [0.2, 0.25) is 0 Å². The zero-order valence-electron chi connectivity index (χ0n) is 21.4. The molecule has 0 bridgehead atoms. The van der Waals surface area contributed by atoms with Crippen LogP contribution in [0.5, 0.6) is 5.75 Å². The maximum atomic E-state index is 13.9. The zero-order valence-corrected chi connectivity index (χ0v) is 21.4. The van der Waals surface area contributed by atoms with E-state index in [0.29, 0.717) is 11.3 Å². The molecule has 2 unspecified atom stereocenters. The minimum Gasteiger partial charge on any atom is -0.510 e. The molecule has 0 aliphatic heterocycles. The van der Waals surface area contributed by atoms with E-state index in [0.717, 1.165) is 6.08 Å². The predicted octanol–water partition coefficient (Wildman–Crippen LogP) is 0.311. The van der Waals surface area contributed by atoms with Gasteiger partial charge >= 0.3 is 0 Å². The summed E-state index contributed by atoms with van der Waals surface area (Å²) in [6, 6.07) is 0.440. The highest BCUT2D eigenvalue weighted by molar-refractivity contribution is 6.25. The number of anilines is 2. The molecule has 0 heterocycles. The summed E-state index contributed by atoms with van der Waals surface area (Å²) in [6.07, 6.45) is 1.10. The molecule has 1 aromatic carbocycles. The summed E-state index contributed by atoms with van der Waals surface area (Å²) in [5.74, 6) is -8.01. The molecule has 3 aliphatic carbocycles. The van der Waals surface area contributed by atoms with Crippen molar-refractivity contribution >= 4 is 34.8 Å². The van der Waals surface area contributed by atoms with Gasteiger partial charge in [-0.3, -0.25) is 24.1 Å². The Morgan fingerprint density at radius 2 is 1.82 bits per heavy atom. The van der Waals surface area contributed by atoms with Crippen LogP contribution in [0.4, 0.5) is 11.4 Å². The number of nitrogens with two attached hydrogens (primary N) is 1. The number of nitrogens with one attached hydrogen (secondary N) is 1. The number of aromatic hydroxyl groups is 1. The smallest absolute Gasteiger partial charge is 0.255 e. The van der Waals surface area contributed by atoms with Gasteiger partial charge in [0.2, 0.25) is 11.7 Å². The number of phenols is 1. The van der Waals surface area contributed by atoms with Crippen LogP contribution in [0.1, 0.15) is 22.3 Å². The van der Waals surface area contributed by atoms with Crippen molar-refractivity contribution < 1.29 is 39.6 Å². The van der Waals surface area contributed by atoms with Crippen molar-refractivity contribution in [2.24, 2.45) is 17.6 Å². The third kappa shape index (κ3) is 3.59. The van der Waals surface area contributed by atoms with Gasteiger partial charge in [0.05, 0.1) is 17.3 Å². The minimum atomic E-state index is -2.72. The second kappa shape index (κ2) is 8.99. The second-order valence-electron chi connectivity index (χ2n) is 10.2. The Hall–Kier alpha value is -4.16. The minimum absolute atomic E-state index is 0.0195. The Bertz CT molecular complexity index is 1380. The molecule has 0 aromatic heterocycles. The van der Waals surface area contributed by atoms with Crippen LogP contribution >= 0.6 is 0 Å². The average Bonchev–Trinajstić information content (AvgIpc) is 2.82. The first-order valence-electron chi connectivity index (χ1n) is 11.8. The quantitative estimate of drug-likeness (QED) is 0.177. The first-order valence-corrected chi connectivity index (χ1v) is 11.8. The van der Waals surface area contributed by atoms with Crippen LogP contribution in [-0.2, 0) is 20.8 Å². The number of nitrogens with zero attached hydrogens (tertiary/aromatic N) is 2. The second-order valence-corrected chi connectivity index (χ2v) is 10.2. The van der Waals surface area contributed by atoms with Crippen molar-refractivity contribution in [1.29, 1.82) is 0 Å². The van der Waals surface area contributed by atoms with Crippen molar-refractivity contribution in [2.75, 3.05) is 38.4 Å². The van der Waals surface area contributed by atoms with Crippen LogP contribution in [0, 0.1) is 11.8 Å². The summed E-state index contributed by atoms with van der Waals surface area (Å²) in [6.45, 7) is 3.38. The molecule has 12 heteroatoms. The number of likely N-dealkylation sites (N-methyl/N-ethyl adjacent to an activating group) is 1. The number of allylic oxidation sites excluding steroid dienone is 1. The predicted molar refractivity (Wildman–Crippen MR) is 137 cm³/mol. The Morgan fingerprint density at radius 3 is 2.34 bits per heavy atom. The molecule has 7 N–H and O–H groups in total. The van der Waals surface area contributed by atoms with Gasteiger partial charge < -0.3 is 36.4 Å². The third-order valence-corrected chi connectivity index (χ3v) is 7.62. The number of carbonyl (C=O) groups excluding carboxylic acids is 4. The number of ketones is 2. The normalized spacial score (nSPS) is 26.5. The van der Waals surface area contributed by atoms with Gasteiger partial charge in [0.1, 0.15) is 17.1 Å². The first-order chi connectivity index (χ1) is 17.7. The van der Waals surface area contributed by atoms with Gasteiger partial charge in [-0.2, -0.15) is 0 Å². The molecule has 12 nitrogen and oxygen atoms in total. The zero-order chi connectivity index (χ0) is 28.4. The van der Waals surface area contributed by atoms with E-state index in [9.17, 15) is 39.6 Å². The van der Waals surface area contributed by atoms with Crippen molar-refractivity contribution in [3.8, 4) is 5.75 Å². The highest BCUT2D eigenvalue weighted by Gasteiger charge is 2.63. The van der Waals surface area contributed by atoms with Gasteiger partial charge in [0.15, 0.2) is 17.1 Å². The molecular weight excluding hydrogens is 496 g/mol. The van der Waals surface area contributed by atoms with Gasteiger partial charge in [0.25, 0.3) is 5.91 Å². The van der Waals surface area contributed by atoms with Crippen molar-refractivity contribution in [1.82, 2.24) is 4.90 Å². The topological polar surface area (TPSA) is 194 Å². The number of rotatable bonds is 5. The van der Waals surface area contributed by atoms with E-state index in [1.807, 2.05) is 0 Å². The van der Waals surface area contributed by atoms with Gasteiger partial charge in [-0.1, -0.05) is 6.58 Å². The standard InChI is InChI=1S/C26H30N4O8/c1-6-15(31)28-13-9-14(29(2)3)11-7-10-8-12-19(30(4)5)22(34)18(25(27)37)24(36)26(12,38)23(35)16(10)21(33)17(11)20(13)32/h6,9-10,12,19,32,34-35,38H,1,7-8H2,2-5H3,(H2,27,37)(H,28,31)/t10?,12?,19-,26-/m0/s1. The molecule has 4 atom stereocenters. The van der Waals surface area contributed by atoms with E-state index in [1.54, 1.807) is 33.1 Å². The van der Waals surface area contributed by atoms with E-state index in [-0.39, 0.29) is 29.7 Å². The summed E-state index contributed by atoms with van der Waals surface area (Å²) in [7, 11) is 6.56. The number of aliphatic hydroxyl groups excluding tert-OH is 2. The van der Waals surface area contributed by atoms with E-state index in [2.05, 4.69) is 11.9 Å². The molecule has 0 saturated carbocycles. The number of carbonyl (C=O) groups is 4. The molecule has 0 radical (unpaired) electrons. The van der Waals surface area contributed by atoms with Crippen molar-refractivity contribution in [3.05, 3.63) is 52.5 Å². The molecule has 2 amide bonds. The SMILES string of the molecule is C=CC(=O)Nc1cc(N(C)C)c2c(c1O)C(=O)C1=C(O)[C@]3(O)C(=O)C(C(N)=O)=C(O)[C@@H](N(C)C)C3CC1C2. The van der Waals surface area contributed by atoms with Gasteiger partial charge in [-0.05, 0) is 50.6 Å². The fraction of sp³-hybridized carbons (Fsp3) is 0.385. The average molecular weight is 527 g/mol. The maximum Gasteiger partial charge on any atom is 0.255 e. The molecule has 38 heavy (non-hydrogen) atoms. The Labute approximate surface area is 218 Å². The molecular formula is C26H30N4O8. The lowest BCUT2D eigenvalue weighted by molar-refractivity contribution is -0.148. The number of fused-ring (bicyclic) bond motifs is 3. The number of primary amides is 1. The number of hydrogen-bond donors (Lipinski definition) is 6. The summed E-state index contributed by atoms with van der Waals surface area (Å²) < 4.78 is 0. The number of benzene rings is 1. The fourth-order valence-electron chi connectivity index (χ4n) is 5.98. The fourth-order valence-corrected chi connectivity index (χ4v) is 5.98. The lowest BCUT2D eigenvalue weighted by Gasteiger charge is -2.50. The Balaban J connectivity index is 1.98. The number of phenolic OH excluding ortho intramolecular Hbond substituents is 1. The molecule has 1 aromatic rings. The largest absolute Gasteiger partial charge is 0.510 e. The maximum absolute atomic E-state index is 13.9. The number of hydrogen-bond acceptors (Lipinski definition) is 10. The number of amides is 2. The molecule has 3 aliphatic rings. The van der Waals surface area contributed by atoms with Gasteiger partial charge in [-0.25, -0.2) is 0 Å². The summed E-state index contributed by atoms with van der Waals surface area (Å²) in [5, 5.41) is 47.3. The van der Waals surface area contributed by atoms with Gasteiger partial charge in [-0.15, -0.1) is 0 Å². The van der Waals surface area contributed by atoms with Crippen LogP contribution in [0.15, 0.2) is 41.4 Å². The van der Waals surface area contributed by atoms with Crippen LogP contribution in [0.3, 0.4) is 0 Å². The molecule has 0 fully saturated rings. The lowest BCUT2D eigenvalue weighted by Crippen LogP contribution is -2.63. The molecule has 202 valence electrons. The molecule has 0 saturated heterocycles. The van der Waals surface area contributed by atoms with Gasteiger partial charge in [0, 0.05) is 31.3 Å². The first kappa shape index (κ1) is 26.9. The number of aliphatic hydroxyl groups is 3. The van der Waals surface area contributed by atoms with E-state index in [4.69, 9.17) is 5.73 Å². The van der Waals surface area contributed by atoms with E-state index >= 15 is 0 Å². The van der Waals surface area contributed by atoms with E-state index < -0.39 is 69.7 Å². The highest BCUT2D eigenvalue weighted by atomic mass is 16.3. The van der Waals surface area contributed by atoms with Crippen LogP contribution in [0.25, 0.3) is 0 Å². The van der Waals surface area contributed by atoms with Crippen molar-refractivity contribution in [2.45, 2.75) is 24.5 Å².